The van der Waals surface area contributed by atoms with Crippen LogP contribution >= 0.6 is 7.14 Å². The molecule has 0 amide bonds. The van der Waals surface area contributed by atoms with Crippen LogP contribution in [-0.2, 0) is 13.9 Å². The molecule has 1 heterocycles. The fraction of sp³-hybridized carbons (Fsp3) is 0.533. The quantitative estimate of drug-likeness (QED) is 0.620. The van der Waals surface area contributed by atoms with Crippen molar-refractivity contribution in [1.29, 1.82) is 5.26 Å². The number of hydrogen-bond acceptors (Lipinski definition) is 4. The molecule has 1 aliphatic heterocycles. The molecule has 0 unspecified atom stereocenters. The van der Waals surface area contributed by atoms with Crippen molar-refractivity contribution in [2.75, 3.05) is 13.3 Å². The highest BCUT2D eigenvalue weighted by molar-refractivity contribution is 7.70. The van der Waals surface area contributed by atoms with Crippen molar-refractivity contribution < 1.29 is 13.9 Å². The van der Waals surface area contributed by atoms with Crippen molar-refractivity contribution in [3.05, 3.63) is 23.8 Å². The zero-order valence-electron chi connectivity index (χ0n) is 13.4. The molecule has 0 spiro atoms. The van der Waals surface area contributed by atoms with Crippen LogP contribution in [0, 0.1) is 11.3 Å². The van der Waals surface area contributed by atoms with Gasteiger partial charge >= 0.3 is 7.12 Å². The standard InChI is InChI=1S/C15H21BNO3P/c1-14(2)15(3,4)20-16(19-14)12-7-8-13(21(5,6)18)11(9-12)10-17/h7-9H,1-6H3. The summed E-state index contributed by atoms with van der Waals surface area (Å²) in [7, 11) is -2.99. The topological polar surface area (TPSA) is 59.3 Å². The molecule has 1 saturated heterocycles. The first-order valence-corrected chi connectivity index (χ1v) is 9.53. The van der Waals surface area contributed by atoms with Gasteiger partial charge in [-0.25, -0.2) is 0 Å². The second kappa shape index (κ2) is 4.99. The Kier molecular flexibility index (Phi) is 3.87. The smallest absolute Gasteiger partial charge is 0.399 e. The maximum atomic E-state index is 12.2. The van der Waals surface area contributed by atoms with Crippen LogP contribution in [0.4, 0.5) is 0 Å². The summed E-state index contributed by atoms with van der Waals surface area (Å²) in [5.41, 5.74) is 0.361. The van der Waals surface area contributed by atoms with Crippen LogP contribution in [0.2, 0.25) is 0 Å². The predicted molar refractivity (Wildman–Crippen MR) is 86.0 cm³/mol. The van der Waals surface area contributed by atoms with E-state index in [-0.39, 0.29) is 0 Å². The van der Waals surface area contributed by atoms with Gasteiger partial charge in [-0.15, -0.1) is 0 Å². The maximum Gasteiger partial charge on any atom is 0.494 e. The first-order valence-electron chi connectivity index (χ1n) is 6.93. The molecular formula is C15H21BNO3P. The van der Waals surface area contributed by atoms with Gasteiger partial charge in [-0.05, 0) is 52.6 Å². The second-order valence-electron chi connectivity index (χ2n) is 6.83. The molecule has 0 aliphatic carbocycles. The zero-order valence-corrected chi connectivity index (χ0v) is 14.3. The summed E-state index contributed by atoms with van der Waals surface area (Å²) in [6.07, 6.45) is 0. The molecule has 0 bridgehead atoms. The SMILES string of the molecule is CC1(C)OB(c2ccc(P(C)(C)=O)c(C#N)c2)OC1(C)C. The van der Waals surface area contributed by atoms with Gasteiger partial charge in [0.05, 0.1) is 22.8 Å². The third-order valence-electron chi connectivity index (χ3n) is 4.25. The summed E-state index contributed by atoms with van der Waals surface area (Å²) in [6.45, 7) is 11.3. The monoisotopic (exact) mass is 305 g/mol. The van der Waals surface area contributed by atoms with Crippen molar-refractivity contribution in [1.82, 2.24) is 0 Å². The molecule has 0 saturated carbocycles. The van der Waals surface area contributed by atoms with Gasteiger partial charge in [-0.1, -0.05) is 12.1 Å². The highest BCUT2D eigenvalue weighted by Gasteiger charge is 2.51. The number of hydrogen-bond donors (Lipinski definition) is 0. The van der Waals surface area contributed by atoms with Crippen molar-refractivity contribution in [2.45, 2.75) is 38.9 Å². The molecule has 1 aromatic carbocycles. The molecular weight excluding hydrogens is 284 g/mol. The molecule has 112 valence electrons. The van der Waals surface area contributed by atoms with Crippen LogP contribution in [-0.4, -0.2) is 31.7 Å². The van der Waals surface area contributed by atoms with E-state index in [1.807, 2.05) is 33.8 Å². The fourth-order valence-electron chi connectivity index (χ4n) is 2.24. The first-order chi connectivity index (χ1) is 9.48. The van der Waals surface area contributed by atoms with E-state index in [1.54, 1.807) is 25.5 Å². The van der Waals surface area contributed by atoms with Gasteiger partial charge in [0.25, 0.3) is 0 Å². The highest BCUT2D eigenvalue weighted by Crippen LogP contribution is 2.38. The maximum absolute atomic E-state index is 12.2. The summed E-state index contributed by atoms with van der Waals surface area (Å²) in [6, 6.07) is 7.42. The number of nitriles is 1. The van der Waals surface area contributed by atoms with Crippen LogP contribution in [0.3, 0.4) is 0 Å². The summed E-state index contributed by atoms with van der Waals surface area (Å²) in [4.78, 5) is 0. The highest BCUT2D eigenvalue weighted by atomic mass is 31.2. The molecule has 2 rings (SSSR count). The van der Waals surface area contributed by atoms with Crippen molar-refractivity contribution >= 4 is 25.0 Å². The lowest BCUT2D eigenvalue weighted by molar-refractivity contribution is 0.00578. The Morgan fingerprint density at radius 1 is 1.14 bits per heavy atom. The Balaban J connectivity index is 2.41. The van der Waals surface area contributed by atoms with Gasteiger partial charge in [-0.2, -0.15) is 5.26 Å². The molecule has 6 heteroatoms. The van der Waals surface area contributed by atoms with E-state index in [0.29, 0.717) is 10.9 Å². The summed E-state index contributed by atoms with van der Waals surface area (Å²) < 4.78 is 24.2. The van der Waals surface area contributed by atoms with Crippen molar-refractivity contribution in [3.8, 4) is 6.07 Å². The fourth-order valence-corrected chi connectivity index (χ4v) is 3.37. The Labute approximate surface area is 127 Å². The minimum Gasteiger partial charge on any atom is -0.399 e. The molecule has 1 fully saturated rings. The average Bonchev–Trinajstić information content (AvgIpc) is 2.56. The second-order valence-corrected chi connectivity index (χ2v) is 10.0. The third kappa shape index (κ3) is 2.94. The number of rotatable bonds is 2. The van der Waals surface area contributed by atoms with E-state index >= 15 is 0 Å². The molecule has 1 aromatic rings. The molecule has 0 radical (unpaired) electrons. The van der Waals surface area contributed by atoms with Crippen molar-refractivity contribution in [3.63, 3.8) is 0 Å². The first kappa shape index (κ1) is 16.3. The zero-order chi connectivity index (χ0) is 16.1. The van der Waals surface area contributed by atoms with Crippen LogP contribution in [0.5, 0.6) is 0 Å². The number of benzene rings is 1. The number of nitrogens with zero attached hydrogens (tertiary/aromatic N) is 1. The predicted octanol–water partition coefficient (Wildman–Crippen LogP) is 2.11. The largest absolute Gasteiger partial charge is 0.494 e. The molecule has 0 aromatic heterocycles. The van der Waals surface area contributed by atoms with Crippen LogP contribution in [0.1, 0.15) is 33.3 Å². The third-order valence-corrected chi connectivity index (χ3v) is 5.80. The van der Waals surface area contributed by atoms with Gasteiger partial charge in [0.15, 0.2) is 0 Å². The van der Waals surface area contributed by atoms with E-state index in [4.69, 9.17) is 9.31 Å². The lowest BCUT2D eigenvalue weighted by atomic mass is 9.78. The van der Waals surface area contributed by atoms with E-state index < -0.39 is 25.5 Å². The Bertz CT molecular complexity index is 641. The van der Waals surface area contributed by atoms with Crippen molar-refractivity contribution in [2.24, 2.45) is 0 Å². The van der Waals surface area contributed by atoms with E-state index in [0.717, 1.165) is 5.46 Å². The van der Waals surface area contributed by atoms with E-state index in [2.05, 4.69) is 6.07 Å². The van der Waals surface area contributed by atoms with E-state index in [9.17, 15) is 9.83 Å². The lowest BCUT2D eigenvalue weighted by Crippen LogP contribution is -2.41. The summed E-state index contributed by atoms with van der Waals surface area (Å²) in [5, 5.41) is 9.90. The van der Waals surface area contributed by atoms with Crippen LogP contribution in [0.25, 0.3) is 0 Å². The Morgan fingerprint density at radius 3 is 2.10 bits per heavy atom. The molecule has 0 atom stereocenters. The van der Waals surface area contributed by atoms with E-state index in [1.165, 1.54) is 0 Å². The van der Waals surface area contributed by atoms with Gasteiger partial charge in [0.2, 0.25) is 0 Å². The summed E-state index contributed by atoms with van der Waals surface area (Å²) in [5.74, 6) is 0. The lowest BCUT2D eigenvalue weighted by Gasteiger charge is -2.32. The van der Waals surface area contributed by atoms with Crippen LogP contribution < -0.4 is 10.8 Å². The summed E-state index contributed by atoms with van der Waals surface area (Å²) >= 11 is 0. The van der Waals surface area contributed by atoms with Crippen LogP contribution in [0.15, 0.2) is 18.2 Å². The average molecular weight is 305 g/mol. The minimum absolute atomic E-state index is 0.423. The van der Waals surface area contributed by atoms with Gasteiger partial charge in [-0.3, -0.25) is 0 Å². The molecule has 1 aliphatic rings. The Morgan fingerprint density at radius 2 is 1.67 bits per heavy atom. The van der Waals surface area contributed by atoms with Gasteiger partial charge < -0.3 is 13.9 Å². The molecule has 21 heavy (non-hydrogen) atoms. The molecule has 0 N–H and O–H groups in total. The van der Waals surface area contributed by atoms with Gasteiger partial charge in [0, 0.05) is 5.30 Å². The molecule has 4 nitrogen and oxygen atoms in total. The Hall–Kier alpha value is -1.08. The van der Waals surface area contributed by atoms with Gasteiger partial charge in [0.1, 0.15) is 7.14 Å². The minimum atomic E-state index is -2.48. The normalized spacial score (nSPS) is 20.3.